The lowest BCUT2D eigenvalue weighted by Crippen LogP contribution is -2.37. The molecular weight excluding hydrogens is 311 g/mol. The van der Waals surface area contributed by atoms with Gasteiger partial charge in [0.25, 0.3) is 0 Å². The molecular formula is C13H21FN4O3S. The zero-order valence-corrected chi connectivity index (χ0v) is 13.1. The molecule has 2 N–H and O–H groups in total. The van der Waals surface area contributed by atoms with Crippen molar-refractivity contribution < 1.29 is 17.5 Å². The minimum absolute atomic E-state index is 0.147. The van der Waals surface area contributed by atoms with E-state index in [1.807, 2.05) is 0 Å². The molecule has 1 aromatic rings. The van der Waals surface area contributed by atoms with Gasteiger partial charge in [-0.25, -0.2) is 17.5 Å². The van der Waals surface area contributed by atoms with E-state index < -0.39 is 16.2 Å². The number of nitrogens with one attached hydrogen (secondary N) is 2. The van der Waals surface area contributed by atoms with Crippen LogP contribution in [0.1, 0.15) is 25.3 Å². The summed E-state index contributed by atoms with van der Waals surface area (Å²) in [6.07, 6.45) is 4.02. The number of halogens is 1. The number of ether oxygens (including phenoxy) is 1. The molecule has 3 heterocycles. The highest BCUT2D eigenvalue weighted by molar-refractivity contribution is 7.89. The smallest absolute Gasteiger partial charge is 0.243 e. The molecule has 1 aromatic heterocycles. The fraction of sp³-hybridized carbons (Fsp3) is 0.769. The average molecular weight is 332 g/mol. The highest BCUT2D eigenvalue weighted by Gasteiger charge is 2.26. The van der Waals surface area contributed by atoms with E-state index in [9.17, 15) is 12.8 Å². The summed E-state index contributed by atoms with van der Waals surface area (Å²) in [5, 5.41) is 7.11. The Kier molecular flexibility index (Phi) is 4.76. The summed E-state index contributed by atoms with van der Waals surface area (Å²) in [7, 11) is -3.61. The van der Waals surface area contributed by atoms with Crippen LogP contribution in [0.5, 0.6) is 0 Å². The molecule has 2 aliphatic rings. The number of sulfonamides is 1. The second kappa shape index (κ2) is 6.61. The lowest BCUT2D eigenvalue weighted by Gasteiger charge is -2.22. The van der Waals surface area contributed by atoms with Crippen LogP contribution in [0.15, 0.2) is 17.3 Å². The van der Waals surface area contributed by atoms with E-state index in [0.29, 0.717) is 19.6 Å². The molecule has 124 valence electrons. The van der Waals surface area contributed by atoms with Crippen LogP contribution in [-0.2, 0) is 14.8 Å². The first-order valence-corrected chi connectivity index (χ1v) is 9.02. The number of hydrogen-bond acceptors (Lipinski definition) is 5. The van der Waals surface area contributed by atoms with Crippen molar-refractivity contribution >= 4 is 10.0 Å². The molecule has 0 unspecified atom stereocenters. The van der Waals surface area contributed by atoms with Gasteiger partial charge in [-0.2, -0.15) is 5.10 Å². The van der Waals surface area contributed by atoms with E-state index in [2.05, 4.69) is 15.1 Å². The van der Waals surface area contributed by atoms with Crippen LogP contribution in [0, 0.1) is 0 Å². The molecule has 2 atom stereocenters. The minimum Gasteiger partial charge on any atom is -0.381 e. The predicted octanol–water partition coefficient (Wildman–Crippen LogP) is 0.213. The van der Waals surface area contributed by atoms with Crippen molar-refractivity contribution in [1.82, 2.24) is 19.8 Å². The maximum Gasteiger partial charge on any atom is 0.243 e. The Morgan fingerprint density at radius 2 is 2.23 bits per heavy atom. The van der Waals surface area contributed by atoms with E-state index >= 15 is 0 Å². The number of rotatable bonds is 5. The van der Waals surface area contributed by atoms with Gasteiger partial charge in [0.05, 0.1) is 12.2 Å². The summed E-state index contributed by atoms with van der Waals surface area (Å²) in [5.41, 5.74) is 0. The van der Waals surface area contributed by atoms with Crippen LogP contribution >= 0.6 is 0 Å². The summed E-state index contributed by atoms with van der Waals surface area (Å²) in [6.45, 7) is 1.81. The SMILES string of the molecule is O=S(=O)(NC[C@@H]1C[C@H](F)CN1)c1cnn(C2CCOCC2)c1. The second-order valence-electron chi connectivity index (χ2n) is 5.79. The Morgan fingerprint density at radius 1 is 1.45 bits per heavy atom. The fourth-order valence-corrected chi connectivity index (χ4v) is 3.85. The van der Waals surface area contributed by atoms with E-state index in [0.717, 1.165) is 12.8 Å². The van der Waals surface area contributed by atoms with Crippen LogP contribution in [0.3, 0.4) is 0 Å². The number of nitrogens with zero attached hydrogens (tertiary/aromatic N) is 2. The first kappa shape index (κ1) is 15.9. The zero-order valence-electron chi connectivity index (χ0n) is 12.2. The van der Waals surface area contributed by atoms with Crippen LogP contribution < -0.4 is 10.0 Å². The Labute approximate surface area is 129 Å². The third-order valence-corrected chi connectivity index (χ3v) is 5.52. The quantitative estimate of drug-likeness (QED) is 0.805. The molecule has 2 aliphatic heterocycles. The molecule has 0 saturated carbocycles. The van der Waals surface area contributed by atoms with Gasteiger partial charge in [-0.3, -0.25) is 4.68 Å². The first-order valence-electron chi connectivity index (χ1n) is 7.53. The van der Waals surface area contributed by atoms with Crippen LogP contribution in [0.4, 0.5) is 4.39 Å². The third kappa shape index (κ3) is 3.65. The molecule has 0 aromatic carbocycles. The second-order valence-corrected chi connectivity index (χ2v) is 7.56. The summed E-state index contributed by atoms with van der Waals surface area (Å²) in [5.74, 6) is 0. The van der Waals surface area contributed by atoms with Gasteiger partial charge in [0, 0.05) is 38.5 Å². The van der Waals surface area contributed by atoms with Crippen molar-refractivity contribution in [3.63, 3.8) is 0 Å². The van der Waals surface area contributed by atoms with Gasteiger partial charge in [-0.05, 0) is 19.3 Å². The molecule has 22 heavy (non-hydrogen) atoms. The zero-order chi connectivity index (χ0) is 15.6. The van der Waals surface area contributed by atoms with Crippen LogP contribution in [0.2, 0.25) is 0 Å². The molecule has 0 amide bonds. The van der Waals surface area contributed by atoms with Crippen molar-refractivity contribution in [2.45, 2.75) is 42.4 Å². The minimum atomic E-state index is -3.61. The molecule has 0 radical (unpaired) electrons. The number of alkyl halides is 1. The number of hydrogen-bond donors (Lipinski definition) is 2. The normalized spacial score (nSPS) is 27.3. The van der Waals surface area contributed by atoms with E-state index in [1.54, 1.807) is 10.9 Å². The van der Waals surface area contributed by atoms with Crippen molar-refractivity contribution in [3.8, 4) is 0 Å². The van der Waals surface area contributed by atoms with Crippen molar-refractivity contribution in [3.05, 3.63) is 12.4 Å². The van der Waals surface area contributed by atoms with Gasteiger partial charge in [0.15, 0.2) is 0 Å². The Bertz CT molecular complexity index is 600. The highest BCUT2D eigenvalue weighted by atomic mass is 32.2. The van der Waals surface area contributed by atoms with Gasteiger partial charge >= 0.3 is 0 Å². The summed E-state index contributed by atoms with van der Waals surface area (Å²) in [4.78, 5) is 0.147. The standard InChI is InChI=1S/C13H21FN4O3S/c14-10-5-11(15-6-10)7-17-22(19,20)13-8-16-18(9-13)12-1-3-21-4-2-12/h8-12,15,17H,1-7H2/t10-,11-/m0/s1. The van der Waals surface area contributed by atoms with Gasteiger partial charge in [0.1, 0.15) is 11.1 Å². The van der Waals surface area contributed by atoms with Crippen molar-refractivity contribution in [2.75, 3.05) is 26.3 Å². The van der Waals surface area contributed by atoms with Gasteiger partial charge in [-0.15, -0.1) is 0 Å². The maximum absolute atomic E-state index is 13.1. The van der Waals surface area contributed by atoms with Crippen molar-refractivity contribution in [2.24, 2.45) is 0 Å². The monoisotopic (exact) mass is 332 g/mol. The average Bonchev–Trinajstić information content (AvgIpc) is 3.15. The predicted molar refractivity (Wildman–Crippen MR) is 77.8 cm³/mol. The van der Waals surface area contributed by atoms with E-state index in [4.69, 9.17) is 4.74 Å². The topological polar surface area (TPSA) is 85.3 Å². The summed E-state index contributed by atoms with van der Waals surface area (Å²) < 4.78 is 47.1. The molecule has 0 bridgehead atoms. The summed E-state index contributed by atoms with van der Waals surface area (Å²) in [6, 6.07) is 0.0248. The molecule has 0 aliphatic carbocycles. The highest BCUT2D eigenvalue weighted by Crippen LogP contribution is 2.21. The van der Waals surface area contributed by atoms with Crippen molar-refractivity contribution in [1.29, 1.82) is 0 Å². The molecule has 9 heteroatoms. The molecule has 2 fully saturated rings. The van der Waals surface area contributed by atoms with Gasteiger partial charge in [-0.1, -0.05) is 0 Å². The van der Waals surface area contributed by atoms with Crippen LogP contribution in [-0.4, -0.2) is 56.7 Å². The van der Waals surface area contributed by atoms with Gasteiger partial charge < -0.3 is 10.1 Å². The Hall–Kier alpha value is -1.03. The third-order valence-electron chi connectivity index (χ3n) is 4.14. The molecule has 3 rings (SSSR count). The van der Waals surface area contributed by atoms with Crippen LogP contribution in [0.25, 0.3) is 0 Å². The Morgan fingerprint density at radius 3 is 2.91 bits per heavy atom. The number of aromatic nitrogens is 2. The van der Waals surface area contributed by atoms with Gasteiger partial charge in [0.2, 0.25) is 10.0 Å². The first-order chi connectivity index (χ1) is 10.5. The summed E-state index contributed by atoms with van der Waals surface area (Å²) >= 11 is 0. The van der Waals surface area contributed by atoms with E-state index in [1.165, 1.54) is 6.20 Å². The molecule has 0 spiro atoms. The van der Waals surface area contributed by atoms with E-state index in [-0.39, 0.29) is 30.1 Å². The Balaban J connectivity index is 1.61. The molecule has 2 saturated heterocycles. The maximum atomic E-state index is 13.1. The lowest BCUT2D eigenvalue weighted by atomic mass is 10.1. The fourth-order valence-electron chi connectivity index (χ4n) is 2.83. The largest absolute Gasteiger partial charge is 0.381 e. The lowest BCUT2D eigenvalue weighted by molar-refractivity contribution is 0.0662. The molecule has 7 nitrogen and oxygen atoms in total.